The van der Waals surface area contributed by atoms with E-state index in [1.807, 2.05) is 0 Å². The van der Waals surface area contributed by atoms with Crippen molar-refractivity contribution < 1.29 is 4.79 Å². The Hall–Kier alpha value is -2.28. The number of nitroso groups, excluding NO2 is 1. The number of nitrogens with zero attached hydrogens (tertiary/aromatic N) is 2. The minimum Gasteiger partial charge on any atom is -0.398 e. The van der Waals surface area contributed by atoms with Gasteiger partial charge in [-0.15, -0.1) is 4.91 Å². The Balaban J connectivity index is 2.21. The number of carbonyl (C=O) groups excluding carboxylic acids is 1. The lowest BCUT2D eigenvalue weighted by Gasteiger charge is -2.04. The molecule has 7 heteroatoms. The van der Waals surface area contributed by atoms with E-state index in [-0.39, 0.29) is 10.9 Å². The summed E-state index contributed by atoms with van der Waals surface area (Å²) in [6, 6.07) is 6.72. The average Bonchev–Trinajstić information content (AvgIpc) is 2.69. The Morgan fingerprint density at radius 3 is 2.78 bits per heavy atom. The highest BCUT2D eigenvalue weighted by Gasteiger charge is 2.13. The Bertz CT molecular complexity index is 609. The number of nitrogens with one attached hydrogen (secondary N) is 1. The first-order valence-electron chi connectivity index (χ1n) is 5.08. The van der Waals surface area contributed by atoms with Crippen LogP contribution in [0.1, 0.15) is 16.1 Å². The molecule has 0 bridgehead atoms. The van der Waals surface area contributed by atoms with Gasteiger partial charge in [-0.05, 0) is 24.2 Å². The third kappa shape index (κ3) is 2.35. The molecule has 1 heterocycles. The average molecular weight is 262 g/mol. The van der Waals surface area contributed by atoms with E-state index in [2.05, 4.69) is 15.5 Å². The molecule has 6 nitrogen and oxygen atoms in total. The van der Waals surface area contributed by atoms with Crippen molar-refractivity contribution in [1.29, 1.82) is 0 Å². The summed E-state index contributed by atoms with van der Waals surface area (Å²) < 4.78 is 0. The first-order chi connectivity index (χ1) is 8.61. The molecule has 18 heavy (non-hydrogen) atoms. The number of benzene rings is 1. The van der Waals surface area contributed by atoms with Gasteiger partial charge in [-0.3, -0.25) is 10.1 Å². The number of para-hydroxylation sites is 1. The fourth-order valence-corrected chi connectivity index (χ4v) is 2.13. The minimum absolute atomic E-state index is 0.256. The number of anilines is 2. The van der Waals surface area contributed by atoms with Gasteiger partial charge in [-0.25, -0.2) is 4.98 Å². The van der Waals surface area contributed by atoms with Gasteiger partial charge in [0.2, 0.25) is 0 Å². The minimum atomic E-state index is -0.362. The SMILES string of the molecule is Cc1nc(NC(=O)c2ccccc2N)sc1N=O. The first-order valence-corrected chi connectivity index (χ1v) is 5.90. The van der Waals surface area contributed by atoms with Crippen molar-refractivity contribution in [3.05, 3.63) is 40.4 Å². The second-order valence-corrected chi connectivity index (χ2v) is 4.52. The molecule has 92 valence electrons. The van der Waals surface area contributed by atoms with Crippen LogP contribution in [0.3, 0.4) is 0 Å². The maximum absolute atomic E-state index is 11.9. The van der Waals surface area contributed by atoms with Crippen molar-refractivity contribution in [1.82, 2.24) is 4.98 Å². The van der Waals surface area contributed by atoms with Gasteiger partial charge < -0.3 is 5.73 Å². The summed E-state index contributed by atoms with van der Waals surface area (Å²) in [6.07, 6.45) is 0. The van der Waals surface area contributed by atoms with Crippen LogP contribution in [0.2, 0.25) is 0 Å². The highest BCUT2D eigenvalue weighted by atomic mass is 32.1. The fraction of sp³-hybridized carbons (Fsp3) is 0.0909. The van der Waals surface area contributed by atoms with Crippen LogP contribution in [0.15, 0.2) is 29.4 Å². The van der Waals surface area contributed by atoms with Gasteiger partial charge in [-0.2, -0.15) is 0 Å². The molecule has 1 aromatic heterocycles. The van der Waals surface area contributed by atoms with E-state index in [1.165, 1.54) is 0 Å². The second kappa shape index (κ2) is 4.92. The Kier molecular flexibility index (Phi) is 3.33. The van der Waals surface area contributed by atoms with E-state index < -0.39 is 0 Å². The third-order valence-corrected chi connectivity index (χ3v) is 3.23. The largest absolute Gasteiger partial charge is 0.398 e. The Morgan fingerprint density at radius 1 is 1.44 bits per heavy atom. The molecule has 0 aliphatic carbocycles. The predicted octanol–water partition coefficient (Wildman–Crippen LogP) is 2.68. The van der Waals surface area contributed by atoms with Gasteiger partial charge in [0.25, 0.3) is 5.91 Å². The molecule has 0 aliphatic heterocycles. The molecule has 3 N–H and O–H groups in total. The molecule has 2 aromatic rings. The van der Waals surface area contributed by atoms with Gasteiger partial charge in [0.15, 0.2) is 10.1 Å². The van der Waals surface area contributed by atoms with E-state index in [0.29, 0.717) is 22.1 Å². The fourth-order valence-electron chi connectivity index (χ4n) is 1.39. The van der Waals surface area contributed by atoms with Crippen LogP contribution < -0.4 is 11.1 Å². The number of rotatable bonds is 3. The van der Waals surface area contributed by atoms with Crippen LogP contribution in [-0.4, -0.2) is 10.9 Å². The molecule has 0 unspecified atom stereocenters. The summed E-state index contributed by atoms with van der Waals surface area (Å²) >= 11 is 1.03. The highest BCUT2D eigenvalue weighted by molar-refractivity contribution is 7.19. The summed E-state index contributed by atoms with van der Waals surface area (Å²) in [5.41, 5.74) is 6.93. The normalized spacial score (nSPS) is 10.1. The number of aromatic nitrogens is 1. The van der Waals surface area contributed by atoms with Crippen molar-refractivity contribution >= 4 is 33.1 Å². The molecular formula is C11H10N4O2S. The lowest BCUT2D eigenvalue weighted by atomic mass is 10.2. The zero-order valence-corrected chi connectivity index (χ0v) is 10.3. The van der Waals surface area contributed by atoms with Crippen LogP contribution in [0.4, 0.5) is 15.8 Å². The molecule has 1 amide bonds. The lowest BCUT2D eigenvalue weighted by Crippen LogP contribution is -2.13. The van der Waals surface area contributed by atoms with Crippen molar-refractivity contribution in [2.45, 2.75) is 6.92 Å². The maximum Gasteiger partial charge on any atom is 0.259 e. The van der Waals surface area contributed by atoms with Crippen LogP contribution in [-0.2, 0) is 0 Å². The number of hydrogen-bond acceptors (Lipinski definition) is 6. The number of carbonyl (C=O) groups is 1. The van der Waals surface area contributed by atoms with Gasteiger partial charge in [0.05, 0.1) is 11.3 Å². The van der Waals surface area contributed by atoms with Crippen LogP contribution >= 0.6 is 11.3 Å². The van der Waals surface area contributed by atoms with E-state index in [1.54, 1.807) is 31.2 Å². The quantitative estimate of drug-likeness (QED) is 0.656. The summed E-state index contributed by atoms with van der Waals surface area (Å²) in [5.74, 6) is -0.362. The predicted molar refractivity (Wildman–Crippen MR) is 71.1 cm³/mol. The molecule has 2 rings (SSSR count). The zero-order valence-electron chi connectivity index (χ0n) is 9.51. The molecule has 0 atom stereocenters. The molecular weight excluding hydrogens is 252 g/mol. The summed E-state index contributed by atoms with van der Waals surface area (Å²) in [7, 11) is 0. The number of hydrogen-bond donors (Lipinski definition) is 2. The van der Waals surface area contributed by atoms with Crippen molar-refractivity contribution in [2.75, 3.05) is 11.1 Å². The molecule has 0 spiro atoms. The maximum atomic E-state index is 11.9. The molecule has 1 aromatic carbocycles. The highest BCUT2D eigenvalue weighted by Crippen LogP contribution is 2.30. The number of amides is 1. The first kappa shape index (κ1) is 12.2. The van der Waals surface area contributed by atoms with E-state index in [4.69, 9.17) is 5.73 Å². The molecule has 0 saturated carbocycles. The van der Waals surface area contributed by atoms with Crippen LogP contribution in [0, 0.1) is 11.8 Å². The van der Waals surface area contributed by atoms with Crippen molar-refractivity contribution in [2.24, 2.45) is 5.18 Å². The Labute approximate surface area is 107 Å². The van der Waals surface area contributed by atoms with Crippen LogP contribution in [0.5, 0.6) is 0 Å². The second-order valence-electron chi connectivity index (χ2n) is 3.54. The standard InChI is InChI=1S/C11H10N4O2S/c1-6-10(15-17)18-11(13-6)14-9(16)7-4-2-3-5-8(7)12/h2-5H,12H2,1H3,(H,13,14,16). The number of thiazole rings is 1. The molecule has 0 aliphatic rings. The van der Waals surface area contributed by atoms with Crippen molar-refractivity contribution in [3.63, 3.8) is 0 Å². The van der Waals surface area contributed by atoms with E-state index >= 15 is 0 Å². The monoisotopic (exact) mass is 262 g/mol. The van der Waals surface area contributed by atoms with Gasteiger partial charge in [0, 0.05) is 5.69 Å². The number of nitrogens with two attached hydrogens (primary N) is 1. The topological polar surface area (TPSA) is 97.4 Å². The molecule has 0 saturated heterocycles. The zero-order chi connectivity index (χ0) is 13.1. The Morgan fingerprint density at radius 2 is 2.17 bits per heavy atom. The summed E-state index contributed by atoms with van der Waals surface area (Å²) in [6.45, 7) is 1.65. The van der Waals surface area contributed by atoms with Gasteiger partial charge >= 0.3 is 0 Å². The summed E-state index contributed by atoms with van der Waals surface area (Å²) in [5, 5.41) is 5.99. The van der Waals surface area contributed by atoms with Gasteiger partial charge in [0.1, 0.15) is 0 Å². The van der Waals surface area contributed by atoms with Gasteiger partial charge in [-0.1, -0.05) is 23.5 Å². The lowest BCUT2D eigenvalue weighted by molar-refractivity contribution is 0.102. The van der Waals surface area contributed by atoms with Crippen molar-refractivity contribution in [3.8, 4) is 0 Å². The summed E-state index contributed by atoms with van der Waals surface area (Å²) in [4.78, 5) is 26.4. The smallest absolute Gasteiger partial charge is 0.259 e. The molecule has 0 radical (unpaired) electrons. The number of aryl methyl sites for hydroxylation is 1. The van der Waals surface area contributed by atoms with E-state index in [0.717, 1.165) is 11.3 Å². The van der Waals surface area contributed by atoms with Crippen LogP contribution in [0.25, 0.3) is 0 Å². The number of nitrogen functional groups attached to an aromatic ring is 1. The molecule has 0 fully saturated rings. The third-order valence-electron chi connectivity index (χ3n) is 2.28. The van der Waals surface area contributed by atoms with E-state index in [9.17, 15) is 9.70 Å².